The van der Waals surface area contributed by atoms with E-state index in [0.717, 1.165) is 5.56 Å². The number of hydrogen-bond donors (Lipinski definition) is 2. The topological polar surface area (TPSA) is 93.7 Å². The number of carbonyl (C=O) groups is 3. The number of esters is 1. The van der Waals surface area contributed by atoms with Crippen molar-refractivity contribution < 1.29 is 23.9 Å². The molecule has 0 fully saturated rings. The number of carbonyl (C=O) groups excluding carboxylic acids is 3. The molecule has 1 atom stereocenters. The van der Waals surface area contributed by atoms with Crippen molar-refractivity contribution in [2.75, 3.05) is 11.9 Å². The third-order valence-electron chi connectivity index (χ3n) is 3.95. The van der Waals surface area contributed by atoms with Crippen molar-refractivity contribution in [1.29, 1.82) is 0 Å². The molecule has 0 spiro atoms. The summed E-state index contributed by atoms with van der Waals surface area (Å²) < 4.78 is 10.3. The van der Waals surface area contributed by atoms with E-state index in [0.29, 0.717) is 11.3 Å². The van der Waals surface area contributed by atoms with E-state index in [2.05, 4.69) is 10.6 Å². The molecule has 7 heteroatoms. The van der Waals surface area contributed by atoms with Crippen molar-refractivity contribution in [3.63, 3.8) is 0 Å². The Labute approximate surface area is 176 Å². The molecule has 2 N–H and O–H groups in total. The summed E-state index contributed by atoms with van der Waals surface area (Å²) in [6.45, 7) is 7.31. The van der Waals surface area contributed by atoms with Crippen molar-refractivity contribution in [3.8, 4) is 0 Å². The lowest BCUT2D eigenvalue weighted by Crippen LogP contribution is -2.31. The smallest absolute Gasteiger partial charge is 0.412 e. The fraction of sp³-hybridized carbons (Fsp3) is 0.348. The number of nitrogens with one attached hydrogen (secondary N) is 2. The lowest BCUT2D eigenvalue weighted by Gasteiger charge is -2.20. The molecule has 7 nitrogen and oxygen atoms in total. The standard InChI is InChI=1S/C23H28N2O5/c1-5-29-20(26)15-19(16-10-7-6-8-11-16)25-21(27)17-12-9-13-18(14-17)24-22(28)30-23(2,3)4/h6-14,19H,5,15H2,1-4H3,(H,24,28)(H,25,27). The van der Waals surface area contributed by atoms with Crippen molar-refractivity contribution in [1.82, 2.24) is 5.32 Å². The van der Waals surface area contributed by atoms with Gasteiger partial charge >= 0.3 is 12.1 Å². The van der Waals surface area contributed by atoms with Gasteiger partial charge in [0.2, 0.25) is 0 Å². The van der Waals surface area contributed by atoms with Gasteiger partial charge in [-0.25, -0.2) is 4.79 Å². The molecule has 30 heavy (non-hydrogen) atoms. The first-order chi connectivity index (χ1) is 14.2. The Bertz CT molecular complexity index is 875. The van der Waals surface area contributed by atoms with Gasteiger partial charge in [0.05, 0.1) is 19.1 Å². The lowest BCUT2D eigenvalue weighted by atomic mass is 10.0. The molecule has 0 saturated heterocycles. The van der Waals surface area contributed by atoms with Crippen LogP contribution in [0.4, 0.5) is 10.5 Å². The van der Waals surface area contributed by atoms with Gasteiger partial charge in [0.15, 0.2) is 0 Å². The summed E-state index contributed by atoms with van der Waals surface area (Å²) in [4.78, 5) is 36.8. The van der Waals surface area contributed by atoms with Gasteiger partial charge in [-0.1, -0.05) is 36.4 Å². The van der Waals surface area contributed by atoms with E-state index in [1.54, 1.807) is 52.0 Å². The first-order valence-electron chi connectivity index (χ1n) is 9.79. The fourth-order valence-corrected chi connectivity index (χ4v) is 2.73. The predicted molar refractivity (Wildman–Crippen MR) is 114 cm³/mol. The monoisotopic (exact) mass is 412 g/mol. The highest BCUT2D eigenvalue weighted by molar-refractivity contribution is 5.96. The minimum atomic E-state index is -0.630. The zero-order valence-electron chi connectivity index (χ0n) is 17.7. The minimum Gasteiger partial charge on any atom is -0.466 e. The second-order valence-corrected chi connectivity index (χ2v) is 7.65. The average molecular weight is 412 g/mol. The summed E-state index contributed by atoms with van der Waals surface area (Å²) >= 11 is 0. The highest BCUT2D eigenvalue weighted by atomic mass is 16.6. The van der Waals surface area contributed by atoms with Crippen LogP contribution in [0.3, 0.4) is 0 Å². The van der Waals surface area contributed by atoms with Crippen LogP contribution in [0.1, 0.15) is 56.1 Å². The molecule has 2 aromatic rings. The molecule has 0 heterocycles. The molecule has 1 unspecified atom stereocenters. The van der Waals surface area contributed by atoms with Gasteiger partial charge < -0.3 is 14.8 Å². The van der Waals surface area contributed by atoms with Gasteiger partial charge in [-0.05, 0) is 51.5 Å². The molecule has 2 amide bonds. The first-order valence-corrected chi connectivity index (χ1v) is 9.79. The molecule has 0 aliphatic rings. The Morgan fingerprint density at radius 1 is 1.00 bits per heavy atom. The van der Waals surface area contributed by atoms with Gasteiger partial charge in [-0.15, -0.1) is 0 Å². The molecule has 160 valence electrons. The maximum absolute atomic E-state index is 12.8. The van der Waals surface area contributed by atoms with E-state index in [4.69, 9.17) is 9.47 Å². The molecule has 0 radical (unpaired) electrons. The first kappa shape index (κ1) is 22.9. The molecule has 0 aliphatic heterocycles. The van der Waals surface area contributed by atoms with Crippen molar-refractivity contribution >= 4 is 23.7 Å². The van der Waals surface area contributed by atoms with Crippen molar-refractivity contribution in [2.24, 2.45) is 0 Å². The maximum atomic E-state index is 12.8. The van der Waals surface area contributed by atoms with Crippen LogP contribution in [0.25, 0.3) is 0 Å². The number of ether oxygens (including phenoxy) is 2. The summed E-state index contributed by atoms with van der Waals surface area (Å²) in [6, 6.07) is 15.2. The van der Waals surface area contributed by atoms with E-state index in [9.17, 15) is 14.4 Å². The maximum Gasteiger partial charge on any atom is 0.412 e. The Hall–Kier alpha value is -3.35. The third kappa shape index (κ3) is 7.58. The Kier molecular flexibility index (Phi) is 7.98. The Morgan fingerprint density at radius 2 is 1.70 bits per heavy atom. The van der Waals surface area contributed by atoms with E-state index < -0.39 is 23.7 Å². The fourth-order valence-electron chi connectivity index (χ4n) is 2.73. The van der Waals surface area contributed by atoms with E-state index in [1.165, 1.54) is 0 Å². The molecule has 0 aliphatic carbocycles. The molecule has 0 saturated carbocycles. The molecular formula is C23H28N2O5. The van der Waals surface area contributed by atoms with E-state index >= 15 is 0 Å². The molecule has 2 rings (SSSR count). The number of benzene rings is 2. The normalized spacial score (nSPS) is 11.9. The summed E-state index contributed by atoms with van der Waals surface area (Å²) in [5, 5.41) is 5.49. The summed E-state index contributed by atoms with van der Waals surface area (Å²) in [7, 11) is 0. The second-order valence-electron chi connectivity index (χ2n) is 7.65. The summed E-state index contributed by atoms with van der Waals surface area (Å²) in [5.74, 6) is -0.770. The molecule has 0 aromatic heterocycles. The number of amides is 2. The van der Waals surface area contributed by atoms with Crippen LogP contribution in [-0.4, -0.2) is 30.2 Å². The SMILES string of the molecule is CCOC(=O)CC(NC(=O)c1cccc(NC(=O)OC(C)(C)C)c1)c1ccccc1. The molecule has 0 bridgehead atoms. The lowest BCUT2D eigenvalue weighted by molar-refractivity contribution is -0.143. The van der Waals surface area contributed by atoms with Crippen LogP contribution in [0.2, 0.25) is 0 Å². The average Bonchev–Trinajstić information content (AvgIpc) is 2.67. The van der Waals surface area contributed by atoms with Gasteiger partial charge in [0.25, 0.3) is 5.91 Å². The Morgan fingerprint density at radius 3 is 2.33 bits per heavy atom. The largest absolute Gasteiger partial charge is 0.466 e. The van der Waals surface area contributed by atoms with Crippen LogP contribution in [0.15, 0.2) is 54.6 Å². The van der Waals surface area contributed by atoms with Crippen LogP contribution in [0.5, 0.6) is 0 Å². The minimum absolute atomic E-state index is 0.0133. The third-order valence-corrected chi connectivity index (χ3v) is 3.95. The number of anilines is 1. The number of hydrogen-bond acceptors (Lipinski definition) is 5. The van der Waals surface area contributed by atoms with E-state index in [1.807, 2.05) is 30.3 Å². The second kappa shape index (κ2) is 10.4. The summed E-state index contributed by atoms with van der Waals surface area (Å²) in [5.41, 5.74) is 0.934. The molecular weight excluding hydrogens is 384 g/mol. The highest BCUT2D eigenvalue weighted by Crippen LogP contribution is 2.19. The van der Waals surface area contributed by atoms with Gasteiger partial charge in [0.1, 0.15) is 5.60 Å². The Balaban J connectivity index is 2.13. The number of rotatable bonds is 7. The zero-order chi connectivity index (χ0) is 22.1. The van der Waals surface area contributed by atoms with Gasteiger partial charge in [-0.3, -0.25) is 14.9 Å². The van der Waals surface area contributed by atoms with E-state index in [-0.39, 0.29) is 18.9 Å². The quantitative estimate of drug-likeness (QED) is 0.655. The zero-order valence-corrected chi connectivity index (χ0v) is 17.7. The van der Waals surface area contributed by atoms with Gasteiger partial charge in [-0.2, -0.15) is 0 Å². The van der Waals surface area contributed by atoms with Crippen LogP contribution >= 0.6 is 0 Å². The highest BCUT2D eigenvalue weighted by Gasteiger charge is 2.21. The summed E-state index contributed by atoms with van der Waals surface area (Å²) in [6.07, 6.45) is -0.594. The van der Waals surface area contributed by atoms with Crippen LogP contribution in [-0.2, 0) is 14.3 Å². The molecule has 2 aromatic carbocycles. The van der Waals surface area contributed by atoms with Crippen molar-refractivity contribution in [3.05, 3.63) is 65.7 Å². The van der Waals surface area contributed by atoms with Crippen LogP contribution in [0, 0.1) is 0 Å². The predicted octanol–water partition coefficient (Wildman–Crippen LogP) is 4.46. The van der Waals surface area contributed by atoms with Crippen LogP contribution < -0.4 is 10.6 Å². The van der Waals surface area contributed by atoms with Gasteiger partial charge in [0, 0.05) is 11.3 Å². The van der Waals surface area contributed by atoms with Crippen molar-refractivity contribution in [2.45, 2.75) is 45.8 Å².